The van der Waals surface area contributed by atoms with Crippen LogP contribution in [0.25, 0.3) is 0 Å². The minimum Gasteiger partial charge on any atom is -0.488 e. The molecule has 0 aliphatic rings. The third-order valence-corrected chi connectivity index (χ3v) is 2.84. The summed E-state index contributed by atoms with van der Waals surface area (Å²) in [4.78, 5) is 10.4. The SMILES string of the molecule is CCNc1cc(OCc2ccccc2F)cc([N+](=O)[O-])c1. The Bertz CT molecular complexity index is 647. The van der Waals surface area contributed by atoms with Crippen LogP contribution >= 0.6 is 0 Å². The highest BCUT2D eigenvalue weighted by Gasteiger charge is 2.11. The molecule has 0 aliphatic heterocycles. The number of non-ortho nitro benzene ring substituents is 1. The average Bonchev–Trinajstić information content (AvgIpc) is 2.46. The quantitative estimate of drug-likeness (QED) is 0.650. The molecule has 0 bridgehead atoms. The Morgan fingerprint density at radius 1 is 1.29 bits per heavy atom. The molecule has 5 nitrogen and oxygen atoms in total. The summed E-state index contributed by atoms with van der Waals surface area (Å²) in [5.74, 6) is -0.0433. The topological polar surface area (TPSA) is 64.4 Å². The minimum absolute atomic E-state index is 0.0133. The van der Waals surface area contributed by atoms with E-state index in [-0.39, 0.29) is 18.1 Å². The Labute approximate surface area is 121 Å². The van der Waals surface area contributed by atoms with Crippen molar-refractivity contribution < 1.29 is 14.1 Å². The van der Waals surface area contributed by atoms with Gasteiger partial charge in [-0.3, -0.25) is 10.1 Å². The van der Waals surface area contributed by atoms with Crippen LogP contribution in [0.15, 0.2) is 42.5 Å². The first-order valence-corrected chi connectivity index (χ1v) is 6.49. The van der Waals surface area contributed by atoms with E-state index in [1.165, 1.54) is 18.2 Å². The van der Waals surface area contributed by atoms with Crippen molar-refractivity contribution in [1.29, 1.82) is 0 Å². The number of nitrogens with zero attached hydrogens (tertiary/aromatic N) is 1. The predicted molar refractivity (Wildman–Crippen MR) is 78.0 cm³/mol. The summed E-state index contributed by atoms with van der Waals surface area (Å²) in [5.41, 5.74) is 0.918. The molecule has 2 aromatic carbocycles. The van der Waals surface area contributed by atoms with Crippen LogP contribution in [0.5, 0.6) is 5.75 Å². The molecule has 0 atom stereocenters. The van der Waals surface area contributed by atoms with Crippen LogP contribution in [-0.4, -0.2) is 11.5 Å². The summed E-state index contributed by atoms with van der Waals surface area (Å²) in [6, 6.07) is 10.7. The lowest BCUT2D eigenvalue weighted by Crippen LogP contribution is -2.01. The fraction of sp³-hybridized carbons (Fsp3) is 0.200. The van der Waals surface area contributed by atoms with E-state index in [0.29, 0.717) is 23.5 Å². The number of ether oxygens (including phenoxy) is 1. The van der Waals surface area contributed by atoms with Gasteiger partial charge in [0.15, 0.2) is 0 Å². The van der Waals surface area contributed by atoms with Crippen LogP contribution < -0.4 is 10.1 Å². The van der Waals surface area contributed by atoms with Gasteiger partial charge in [-0.2, -0.15) is 0 Å². The second kappa shape index (κ2) is 6.69. The van der Waals surface area contributed by atoms with Crippen molar-refractivity contribution in [3.8, 4) is 5.75 Å². The van der Waals surface area contributed by atoms with Gasteiger partial charge in [0.2, 0.25) is 0 Å². The lowest BCUT2D eigenvalue weighted by atomic mass is 10.2. The van der Waals surface area contributed by atoms with Crippen molar-refractivity contribution in [2.45, 2.75) is 13.5 Å². The Morgan fingerprint density at radius 3 is 2.71 bits per heavy atom. The molecule has 6 heteroatoms. The van der Waals surface area contributed by atoms with Crippen LogP contribution in [0.1, 0.15) is 12.5 Å². The summed E-state index contributed by atoms with van der Waals surface area (Å²) in [6.45, 7) is 2.53. The van der Waals surface area contributed by atoms with E-state index in [4.69, 9.17) is 4.74 Å². The largest absolute Gasteiger partial charge is 0.488 e. The molecule has 0 aliphatic carbocycles. The lowest BCUT2D eigenvalue weighted by Gasteiger charge is -2.09. The molecule has 1 N–H and O–H groups in total. The molecule has 0 saturated heterocycles. The molecule has 0 saturated carbocycles. The van der Waals surface area contributed by atoms with Gasteiger partial charge in [-0.05, 0) is 13.0 Å². The van der Waals surface area contributed by atoms with Crippen molar-refractivity contribution in [2.75, 3.05) is 11.9 Å². The highest BCUT2D eigenvalue weighted by atomic mass is 19.1. The fourth-order valence-corrected chi connectivity index (χ4v) is 1.85. The Hall–Kier alpha value is -2.63. The third-order valence-electron chi connectivity index (χ3n) is 2.84. The van der Waals surface area contributed by atoms with E-state index in [2.05, 4.69) is 5.32 Å². The molecule has 110 valence electrons. The minimum atomic E-state index is -0.489. The summed E-state index contributed by atoms with van der Waals surface area (Å²) in [5, 5.41) is 13.9. The van der Waals surface area contributed by atoms with Crippen molar-refractivity contribution in [3.63, 3.8) is 0 Å². The molecule has 2 rings (SSSR count). The molecule has 0 fully saturated rings. The van der Waals surface area contributed by atoms with Gasteiger partial charge in [-0.25, -0.2) is 4.39 Å². The third kappa shape index (κ3) is 3.92. The average molecular weight is 290 g/mol. The molecule has 21 heavy (non-hydrogen) atoms. The van der Waals surface area contributed by atoms with Crippen LogP contribution in [0, 0.1) is 15.9 Å². The molecule has 0 spiro atoms. The summed E-state index contributed by atoms with van der Waals surface area (Å²) in [6.07, 6.45) is 0. The second-order valence-corrected chi connectivity index (χ2v) is 4.38. The zero-order valence-corrected chi connectivity index (χ0v) is 11.5. The molecule has 0 aromatic heterocycles. The van der Waals surface area contributed by atoms with Crippen molar-refractivity contribution in [1.82, 2.24) is 0 Å². The van der Waals surface area contributed by atoms with E-state index in [1.54, 1.807) is 24.3 Å². The van der Waals surface area contributed by atoms with Crippen molar-refractivity contribution in [2.24, 2.45) is 0 Å². The van der Waals surface area contributed by atoms with E-state index in [9.17, 15) is 14.5 Å². The van der Waals surface area contributed by atoms with Gasteiger partial charge in [0.05, 0.1) is 11.0 Å². The number of halogens is 1. The zero-order valence-electron chi connectivity index (χ0n) is 11.5. The first kappa shape index (κ1) is 14.8. The maximum absolute atomic E-state index is 13.5. The number of nitro groups is 1. The van der Waals surface area contributed by atoms with Crippen molar-refractivity contribution in [3.05, 3.63) is 64.0 Å². The Balaban J connectivity index is 2.19. The van der Waals surface area contributed by atoms with Crippen LogP contribution in [0.3, 0.4) is 0 Å². The van der Waals surface area contributed by atoms with Gasteiger partial charge in [-0.15, -0.1) is 0 Å². The summed E-state index contributed by atoms with van der Waals surface area (Å²) < 4.78 is 19.0. The van der Waals surface area contributed by atoms with Gasteiger partial charge >= 0.3 is 0 Å². The van der Waals surface area contributed by atoms with E-state index in [0.717, 1.165) is 0 Å². The number of hydrogen-bond donors (Lipinski definition) is 1. The fourth-order valence-electron chi connectivity index (χ4n) is 1.85. The molecule has 0 amide bonds. The molecule has 0 unspecified atom stereocenters. The monoisotopic (exact) mass is 290 g/mol. The van der Waals surface area contributed by atoms with Gasteiger partial charge in [0.25, 0.3) is 5.69 Å². The molecule has 0 heterocycles. The second-order valence-electron chi connectivity index (χ2n) is 4.38. The number of nitrogens with one attached hydrogen (secondary N) is 1. The lowest BCUT2D eigenvalue weighted by molar-refractivity contribution is -0.384. The normalized spacial score (nSPS) is 10.2. The Morgan fingerprint density at radius 2 is 2.05 bits per heavy atom. The summed E-state index contributed by atoms with van der Waals surface area (Å²) in [7, 11) is 0. The number of anilines is 1. The first-order chi connectivity index (χ1) is 10.1. The van der Waals surface area contributed by atoms with Gasteiger partial charge in [-0.1, -0.05) is 18.2 Å². The number of nitro benzene ring substituents is 1. The van der Waals surface area contributed by atoms with Crippen LogP contribution in [0.2, 0.25) is 0 Å². The predicted octanol–water partition coefficient (Wildman–Crippen LogP) is 3.74. The Kier molecular flexibility index (Phi) is 4.71. The first-order valence-electron chi connectivity index (χ1n) is 6.49. The molecular weight excluding hydrogens is 275 g/mol. The molecular formula is C15H15FN2O3. The van der Waals surface area contributed by atoms with Gasteiger partial charge in [0, 0.05) is 29.9 Å². The smallest absolute Gasteiger partial charge is 0.275 e. The molecule has 0 radical (unpaired) electrons. The van der Waals surface area contributed by atoms with E-state index >= 15 is 0 Å². The summed E-state index contributed by atoms with van der Waals surface area (Å²) >= 11 is 0. The number of hydrogen-bond acceptors (Lipinski definition) is 4. The maximum Gasteiger partial charge on any atom is 0.275 e. The van der Waals surface area contributed by atoms with Crippen LogP contribution in [0.4, 0.5) is 15.8 Å². The van der Waals surface area contributed by atoms with E-state index < -0.39 is 4.92 Å². The molecule has 2 aromatic rings. The number of rotatable bonds is 6. The zero-order chi connectivity index (χ0) is 15.2. The number of benzene rings is 2. The standard InChI is InChI=1S/C15H15FN2O3/c1-2-17-12-7-13(18(19)20)9-14(8-12)21-10-11-5-3-4-6-15(11)16/h3-9,17H,2,10H2,1H3. The van der Waals surface area contributed by atoms with E-state index in [1.807, 2.05) is 6.92 Å². The highest BCUT2D eigenvalue weighted by Crippen LogP contribution is 2.26. The maximum atomic E-state index is 13.5. The van der Waals surface area contributed by atoms with Crippen LogP contribution in [-0.2, 0) is 6.61 Å². The highest BCUT2D eigenvalue weighted by molar-refractivity contribution is 5.56. The van der Waals surface area contributed by atoms with Gasteiger partial charge in [0.1, 0.15) is 18.2 Å². The van der Waals surface area contributed by atoms with Crippen molar-refractivity contribution >= 4 is 11.4 Å². The van der Waals surface area contributed by atoms with Gasteiger partial charge < -0.3 is 10.1 Å².